The van der Waals surface area contributed by atoms with Crippen LogP contribution < -0.4 is 4.74 Å². The van der Waals surface area contributed by atoms with E-state index in [-0.39, 0.29) is 0 Å². The first-order chi connectivity index (χ1) is 8.15. The minimum atomic E-state index is -1.00. The van der Waals surface area contributed by atoms with Gasteiger partial charge in [-0.25, -0.2) is 0 Å². The predicted molar refractivity (Wildman–Crippen MR) is 72.8 cm³/mol. The Bertz CT molecular complexity index is 403. The molecule has 3 heteroatoms. The number of benzene rings is 1. The van der Waals surface area contributed by atoms with Crippen molar-refractivity contribution < 1.29 is 14.9 Å². The van der Waals surface area contributed by atoms with E-state index in [0.717, 1.165) is 11.1 Å². The van der Waals surface area contributed by atoms with Gasteiger partial charge in [0.15, 0.2) is 0 Å². The molecule has 1 aromatic carbocycles. The molecule has 2 N–H and O–H groups in total. The van der Waals surface area contributed by atoms with E-state index in [4.69, 9.17) is 4.74 Å². The molecule has 1 aromatic rings. The second-order valence-corrected chi connectivity index (χ2v) is 5.79. The van der Waals surface area contributed by atoms with Crippen molar-refractivity contribution >= 4 is 0 Å². The largest absolute Gasteiger partial charge is 0.496 e. The number of hydrogen-bond donors (Lipinski definition) is 2. The van der Waals surface area contributed by atoms with Crippen LogP contribution in [-0.4, -0.2) is 22.9 Å². The van der Waals surface area contributed by atoms with E-state index in [9.17, 15) is 10.2 Å². The van der Waals surface area contributed by atoms with Crippen LogP contribution in [0.2, 0.25) is 0 Å². The summed E-state index contributed by atoms with van der Waals surface area (Å²) in [6, 6.07) is 5.75. The highest BCUT2D eigenvalue weighted by Crippen LogP contribution is 2.35. The van der Waals surface area contributed by atoms with Gasteiger partial charge in [-0.2, -0.15) is 0 Å². The second-order valence-electron chi connectivity index (χ2n) is 5.79. The van der Waals surface area contributed by atoms with Crippen LogP contribution in [0.15, 0.2) is 18.2 Å². The molecular weight excluding hydrogens is 228 g/mol. The van der Waals surface area contributed by atoms with Crippen molar-refractivity contribution in [1.82, 2.24) is 0 Å². The summed E-state index contributed by atoms with van der Waals surface area (Å²) in [5.41, 5.74) is 0.0712. The van der Waals surface area contributed by atoms with Gasteiger partial charge in [-0.3, -0.25) is 0 Å². The SMILES string of the molecule is COc1ccc(C)cc1C(C)(O)CCC(C)(C)O. The minimum Gasteiger partial charge on any atom is -0.496 e. The lowest BCUT2D eigenvalue weighted by Crippen LogP contribution is -2.28. The molecule has 18 heavy (non-hydrogen) atoms. The zero-order valence-electron chi connectivity index (χ0n) is 11.9. The van der Waals surface area contributed by atoms with Crippen molar-refractivity contribution in [2.45, 2.75) is 51.7 Å². The third-order valence-electron chi connectivity index (χ3n) is 3.16. The van der Waals surface area contributed by atoms with Gasteiger partial charge in [-0.1, -0.05) is 11.6 Å². The highest BCUT2D eigenvalue weighted by atomic mass is 16.5. The molecule has 3 nitrogen and oxygen atoms in total. The Kier molecular flexibility index (Phi) is 4.41. The first-order valence-corrected chi connectivity index (χ1v) is 6.25. The van der Waals surface area contributed by atoms with Gasteiger partial charge in [0.2, 0.25) is 0 Å². The summed E-state index contributed by atoms with van der Waals surface area (Å²) >= 11 is 0. The van der Waals surface area contributed by atoms with E-state index < -0.39 is 11.2 Å². The second kappa shape index (κ2) is 5.29. The maximum absolute atomic E-state index is 10.6. The van der Waals surface area contributed by atoms with Gasteiger partial charge in [-0.15, -0.1) is 0 Å². The van der Waals surface area contributed by atoms with E-state index in [1.165, 1.54) is 0 Å². The monoisotopic (exact) mass is 252 g/mol. The van der Waals surface area contributed by atoms with Crippen LogP contribution in [0.1, 0.15) is 44.7 Å². The van der Waals surface area contributed by atoms with Gasteiger partial charge in [0.1, 0.15) is 5.75 Å². The maximum atomic E-state index is 10.6. The maximum Gasteiger partial charge on any atom is 0.124 e. The molecule has 0 aliphatic heterocycles. The summed E-state index contributed by atoms with van der Waals surface area (Å²) in [5, 5.41) is 20.4. The summed E-state index contributed by atoms with van der Waals surface area (Å²) in [5.74, 6) is 0.682. The zero-order valence-corrected chi connectivity index (χ0v) is 11.9. The summed E-state index contributed by atoms with van der Waals surface area (Å²) in [7, 11) is 1.60. The van der Waals surface area contributed by atoms with E-state index in [1.54, 1.807) is 27.9 Å². The third-order valence-corrected chi connectivity index (χ3v) is 3.16. The number of ether oxygens (including phenoxy) is 1. The van der Waals surface area contributed by atoms with Crippen molar-refractivity contribution in [1.29, 1.82) is 0 Å². The first kappa shape index (κ1) is 15.0. The van der Waals surface area contributed by atoms with E-state index in [0.29, 0.717) is 18.6 Å². The molecule has 0 saturated heterocycles. The van der Waals surface area contributed by atoms with Crippen LogP contribution in [0, 0.1) is 6.92 Å². The summed E-state index contributed by atoms with van der Waals surface area (Å²) in [4.78, 5) is 0. The molecule has 0 heterocycles. The third kappa shape index (κ3) is 4.00. The lowest BCUT2D eigenvalue weighted by molar-refractivity contribution is 0.00215. The molecule has 0 fully saturated rings. The van der Waals surface area contributed by atoms with Crippen molar-refractivity contribution in [3.63, 3.8) is 0 Å². The molecule has 0 radical (unpaired) electrons. The van der Waals surface area contributed by atoms with Gasteiger partial charge in [0.25, 0.3) is 0 Å². The smallest absolute Gasteiger partial charge is 0.124 e. The van der Waals surface area contributed by atoms with Gasteiger partial charge in [-0.05, 0) is 52.7 Å². The fraction of sp³-hybridized carbons (Fsp3) is 0.600. The average molecular weight is 252 g/mol. The molecule has 1 unspecified atom stereocenters. The first-order valence-electron chi connectivity index (χ1n) is 6.25. The van der Waals surface area contributed by atoms with Crippen LogP contribution >= 0.6 is 0 Å². The molecular formula is C15H24O3. The molecule has 0 aromatic heterocycles. The summed E-state index contributed by atoms with van der Waals surface area (Å²) in [6.45, 7) is 7.23. The van der Waals surface area contributed by atoms with Gasteiger partial charge in [0, 0.05) is 5.56 Å². The fourth-order valence-corrected chi connectivity index (χ4v) is 1.93. The summed E-state index contributed by atoms with van der Waals surface area (Å²) < 4.78 is 5.30. The zero-order chi connectivity index (χ0) is 14.0. The van der Waals surface area contributed by atoms with Crippen LogP contribution in [0.3, 0.4) is 0 Å². The van der Waals surface area contributed by atoms with Crippen LogP contribution in [0.5, 0.6) is 5.75 Å². The lowest BCUT2D eigenvalue weighted by Gasteiger charge is -2.29. The Morgan fingerprint density at radius 1 is 1.11 bits per heavy atom. The number of hydrogen-bond acceptors (Lipinski definition) is 3. The van der Waals surface area contributed by atoms with Crippen LogP contribution in [-0.2, 0) is 5.60 Å². The lowest BCUT2D eigenvalue weighted by atomic mass is 9.86. The van der Waals surface area contributed by atoms with Gasteiger partial charge >= 0.3 is 0 Å². The highest BCUT2D eigenvalue weighted by molar-refractivity contribution is 5.40. The van der Waals surface area contributed by atoms with Crippen molar-refractivity contribution in [3.8, 4) is 5.75 Å². The Hall–Kier alpha value is -1.06. The number of aryl methyl sites for hydroxylation is 1. The van der Waals surface area contributed by atoms with Gasteiger partial charge < -0.3 is 14.9 Å². The van der Waals surface area contributed by atoms with Crippen molar-refractivity contribution in [3.05, 3.63) is 29.3 Å². The van der Waals surface area contributed by atoms with Crippen molar-refractivity contribution in [2.75, 3.05) is 7.11 Å². The fourth-order valence-electron chi connectivity index (χ4n) is 1.93. The standard InChI is InChI=1S/C15H24O3/c1-11-6-7-13(18-5)12(10-11)15(4,17)9-8-14(2,3)16/h6-7,10,16-17H,8-9H2,1-5H3. The quantitative estimate of drug-likeness (QED) is 0.847. The highest BCUT2D eigenvalue weighted by Gasteiger charge is 2.29. The normalized spacial score (nSPS) is 15.3. The van der Waals surface area contributed by atoms with Crippen LogP contribution in [0.4, 0.5) is 0 Å². The van der Waals surface area contributed by atoms with E-state index >= 15 is 0 Å². The molecule has 102 valence electrons. The number of methoxy groups -OCH3 is 1. The molecule has 0 aliphatic rings. The molecule has 0 spiro atoms. The van der Waals surface area contributed by atoms with Crippen LogP contribution in [0.25, 0.3) is 0 Å². The number of aliphatic hydroxyl groups is 2. The van der Waals surface area contributed by atoms with E-state index in [2.05, 4.69) is 0 Å². The van der Waals surface area contributed by atoms with Gasteiger partial charge in [0.05, 0.1) is 18.3 Å². The van der Waals surface area contributed by atoms with E-state index in [1.807, 2.05) is 25.1 Å². The topological polar surface area (TPSA) is 49.7 Å². The molecule has 0 aliphatic carbocycles. The predicted octanol–water partition coefficient (Wildman–Crippen LogP) is 2.76. The summed E-state index contributed by atoms with van der Waals surface area (Å²) in [6.07, 6.45) is 1.01. The molecule has 1 atom stereocenters. The minimum absolute atomic E-state index is 0.482. The Morgan fingerprint density at radius 2 is 1.72 bits per heavy atom. The number of rotatable bonds is 5. The molecule has 0 amide bonds. The average Bonchev–Trinajstić information content (AvgIpc) is 2.26. The molecule has 0 bridgehead atoms. The van der Waals surface area contributed by atoms with Crippen molar-refractivity contribution in [2.24, 2.45) is 0 Å². The Morgan fingerprint density at radius 3 is 2.22 bits per heavy atom. The molecule has 0 saturated carbocycles. The molecule has 1 rings (SSSR count). The Balaban J connectivity index is 2.99. The Labute approximate surface area is 109 Å².